The molecule has 9 heteroatoms. The standard InChI is InChI=1S/C30H36N4O4S/c1-32(2)25-14-9-12-24-23(25)11-10-16-30(24)39(35,36)31-22-17-18-27(34(5)6)29(21-22)38-20-19-37-28-15-8-7-13-26(28)33(3)4/h7-18,21,31H,19-20H2,1-6H3. The van der Waals surface area contributed by atoms with Crippen LogP contribution >= 0.6 is 0 Å². The lowest BCUT2D eigenvalue weighted by Gasteiger charge is -2.21. The molecule has 8 nitrogen and oxygen atoms in total. The monoisotopic (exact) mass is 548 g/mol. The number of nitrogens with one attached hydrogen (secondary N) is 1. The molecule has 0 aliphatic rings. The van der Waals surface area contributed by atoms with Crippen LogP contribution in [0.3, 0.4) is 0 Å². The zero-order valence-corrected chi connectivity index (χ0v) is 24.1. The molecule has 0 fully saturated rings. The number of sulfonamides is 1. The third kappa shape index (κ3) is 6.31. The zero-order chi connectivity index (χ0) is 28.2. The van der Waals surface area contributed by atoms with Gasteiger partial charge >= 0.3 is 0 Å². The average Bonchev–Trinajstić information content (AvgIpc) is 2.90. The SMILES string of the molecule is CN(C)c1ccccc1OCCOc1cc(NS(=O)(=O)c2cccc3c(N(C)C)cccc23)ccc1N(C)C. The van der Waals surface area contributed by atoms with Gasteiger partial charge in [-0.1, -0.05) is 36.4 Å². The summed E-state index contributed by atoms with van der Waals surface area (Å²) in [6, 6.07) is 24.1. The Balaban J connectivity index is 1.55. The van der Waals surface area contributed by atoms with E-state index in [2.05, 4.69) is 4.72 Å². The Kier molecular flexibility index (Phi) is 8.40. The minimum atomic E-state index is -3.87. The molecule has 0 bridgehead atoms. The molecule has 4 rings (SSSR count). The smallest absolute Gasteiger partial charge is 0.262 e. The molecule has 0 aromatic heterocycles. The van der Waals surface area contributed by atoms with Gasteiger partial charge in [0.25, 0.3) is 10.0 Å². The van der Waals surface area contributed by atoms with Gasteiger partial charge in [0.1, 0.15) is 24.7 Å². The quantitative estimate of drug-likeness (QED) is 0.255. The summed E-state index contributed by atoms with van der Waals surface area (Å²) in [6.07, 6.45) is 0. The van der Waals surface area contributed by atoms with Crippen molar-refractivity contribution in [3.63, 3.8) is 0 Å². The summed E-state index contributed by atoms with van der Waals surface area (Å²) in [6.45, 7) is 0.618. The summed E-state index contributed by atoms with van der Waals surface area (Å²) in [5.41, 5.74) is 3.17. The van der Waals surface area contributed by atoms with Gasteiger partial charge in [-0.3, -0.25) is 4.72 Å². The van der Waals surface area contributed by atoms with Gasteiger partial charge in [0.05, 0.1) is 22.0 Å². The number of rotatable bonds is 11. The first kappa shape index (κ1) is 27.9. The lowest BCUT2D eigenvalue weighted by molar-refractivity contribution is 0.218. The van der Waals surface area contributed by atoms with E-state index in [4.69, 9.17) is 9.47 Å². The van der Waals surface area contributed by atoms with Gasteiger partial charge in [0.15, 0.2) is 0 Å². The molecule has 0 aliphatic carbocycles. The van der Waals surface area contributed by atoms with Gasteiger partial charge in [0, 0.05) is 64.8 Å². The van der Waals surface area contributed by atoms with E-state index in [1.807, 2.05) is 112 Å². The van der Waals surface area contributed by atoms with Gasteiger partial charge in [-0.15, -0.1) is 0 Å². The fraction of sp³-hybridized carbons (Fsp3) is 0.267. The van der Waals surface area contributed by atoms with E-state index in [-0.39, 0.29) is 11.5 Å². The van der Waals surface area contributed by atoms with E-state index in [9.17, 15) is 8.42 Å². The summed E-state index contributed by atoms with van der Waals surface area (Å²) >= 11 is 0. The Morgan fingerprint density at radius 2 is 1.18 bits per heavy atom. The first-order chi connectivity index (χ1) is 18.6. The maximum absolute atomic E-state index is 13.5. The van der Waals surface area contributed by atoms with Crippen molar-refractivity contribution >= 4 is 43.5 Å². The number of nitrogens with zero attached hydrogens (tertiary/aromatic N) is 3. The Bertz CT molecular complexity index is 1550. The van der Waals surface area contributed by atoms with Crippen LogP contribution in [-0.4, -0.2) is 63.9 Å². The van der Waals surface area contributed by atoms with Crippen molar-refractivity contribution in [3.8, 4) is 11.5 Å². The van der Waals surface area contributed by atoms with Crippen molar-refractivity contribution < 1.29 is 17.9 Å². The molecule has 0 radical (unpaired) electrons. The van der Waals surface area contributed by atoms with E-state index in [0.717, 1.165) is 28.2 Å². The lowest BCUT2D eigenvalue weighted by Crippen LogP contribution is -2.17. The molecule has 1 N–H and O–H groups in total. The fourth-order valence-electron chi connectivity index (χ4n) is 4.41. The van der Waals surface area contributed by atoms with Crippen molar-refractivity contribution in [2.24, 2.45) is 0 Å². The number of benzene rings is 4. The second kappa shape index (κ2) is 11.7. The Morgan fingerprint density at radius 3 is 1.87 bits per heavy atom. The van der Waals surface area contributed by atoms with Gasteiger partial charge in [-0.25, -0.2) is 8.42 Å². The van der Waals surface area contributed by atoms with Crippen molar-refractivity contribution in [3.05, 3.63) is 78.9 Å². The van der Waals surface area contributed by atoms with Crippen LogP contribution in [0.15, 0.2) is 83.8 Å². The number of hydrogen-bond acceptors (Lipinski definition) is 7. The molecule has 0 unspecified atom stereocenters. The molecule has 0 aliphatic heterocycles. The molecule has 4 aromatic rings. The number of hydrogen-bond donors (Lipinski definition) is 1. The molecule has 4 aromatic carbocycles. The fourth-order valence-corrected chi connectivity index (χ4v) is 5.69. The highest BCUT2D eigenvalue weighted by atomic mass is 32.2. The van der Waals surface area contributed by atoms with Gasteiger partial charge in [-0.2, -0.15) is 0 Å². The van der Waals surface area contributed by atoms with Crippen molar-refractivity contribution in [1.82, 2.24) is 0 Å². The largest absolute Gasteiger partial charge is 0.488 e. The minimum Gasteiger partial charge on any atom is -0.488 e. The maximum atomic E-state index is 13.5. The summed E-state index contributed by atoms with van der Waals surface area (Å²) in [7, 11) is 7.76. The Labute approximate surface area is 231 Å². The lowest BCUT2D eigenvalue weighted by atomic mass is 10.1. The van der Waals surface area contributed by atoms with Crippen LogP contribution in [-0.2, 0) is 10.0 Å². The predicted octanol–water partition coefficient (Wildman–Crippen LogP) is 5.30. The minimum absolute atomic E-state index is 0.218. The van der Waals surface area contributed by atoms with Gasteiger partial charge in [-0.05, 0) is 36.4 Å². The maximum Gasteiger partial charge on any atom is 0.262 e. The molecule has 0 saturated carbocycles. The summed E-state index contributed by atoms with van der Waals surface area (Å²) in [5.74, 6) is 1.32. The third-order valence-electron chi connectivity index (χ3n) is 6.27. The molecular weight excluding hydrogens is 512 g/mol. The Morgan fingerprint density at radius 1 is 0.615 bits per heavy atom. The van der Waals surface area contributed by atoms with E-state index in [1.165, 1.54) is 0 Å². The molecule has 39 heavy (non-hydrogen) atoms. The van der Waals surface area contributed by atoms with E-state index in [1.54, 1.807) is 24.3 Å². The molecular formula is C30H36N4O4S. The summed E-state index contributed by atoms with van der Waals surface area (Å²) in [4.78, 5) is 6.10. The first-order valence-corrected chi connectivity index (χ1v) is 14.1. The third-order valence-corrected chi connectivity index (χ3v) is 7.71. The molecule has 0 spiro atoms. The van der Waals surface area contributed by atoms with Crippen LogP contribution in [0.5, 0.6) is 11.5 Å². The highest BCUT2D eigenvalue weighted by Crippen LogP contribution is 2.34. The van der Waals surface area contributed by atoms with Crippen LogP contribution in [0, 0.1) is 0 Å². The molecule has 0 atom stereocenters. The van der Waals surface area contributed by atoms with Crippen molar-refractivity contribution in [2.75, 3.05) is 74.9 Å². The summed E-state index contributed by atoms with van der Waals surface area (Å²) in [5, 5.41) is 1.53. The van der Waals surface area contributed by atoms with Crippen LogP contribution in [0.2, 0.25) is 0 Å². The van der Waals surface area contributed by atoms with Gasteiger partial charge in [0.2, 0.25) is 0 Å². The van der Waals surface area contributed by atoms with Crippen LogP contribution in [0.4, 0.5) is 22.7 Å². The summed E-state index contributed by atoms with van der Waals surface area (Å²) < 4.78 is 41.8. The highest BCUT2D eigenvalue weighted by Gasteiger charge is 2.20. The molecule has 0 saturated heterocycles. The topological polar surface area (TPSA) is 74.3 Å². The van der Waals surface area contributed by atoms with E-state index >= 15 is 0 Å². The van der Waals surface area contributed by atoms with Gasteiger partial charge < -0.3 is 24.2 Å². The highest BCUT2D eigenvalue weighted by molar-refractivity contribution is 7.93. The number of fused-ring (bicyclic) bond motifs is 1. The first-order valence-electron chi connectivity index (χ1n) is 12.6. The molecule has 0 amide bonds. The second-order valence-electron chi connectivity index (χ2n) is 9.76. The number of anilines is 4. The van der Waals surface area contributed by atoms with Crippen molar-refractivity contribution in [2.45, 2.75) is 4.90 Å². The normalized spacial score (nSPS) is 11.2. The average molecular weight is 549 g/mol. The van der Waals surface area contributed by atoms with E-state index < -0.39 is 10.0 Å². The Hall–Kier alpha value is -4.11. The van der Waals surface area contributed by atoms with E-state index in [0.29, 0.717) is 23.4 Å². The predicted molar refractivity (Wildman–Crippen MR) is 162 cm³/mol. The van der Waals surface area contributed by atoms with Crippen LogP contribution < -0.4 is 28.9 Å². The zero-order valence-electron chi connectivity index (χ0n) is 23.3. The molecule has 206 valence electrons. The number of ether oxygens (including phenoxy) is 2. The van der Waals surface area contributed by atoms with Crippen molar-refractivity contribution in [1.29, 1.82) is 0 Å². The van der Waals surface area contributed by atoms with Crippen LogP contribution in [0.25, 0.3) is 10.8 Å². The molecule has 0 heterocycles. The van der Waals surface area contributed by atoms with Crippen LogP contribution in [0.1, 0.15) is 0 Å². The second-order valence-corrected chi connectivity index (χ2v) is 11.4. The number of para-hydroxylation sites is 2.